The predicted octanol–water partition coefficient (Wildman–Crippen LogP) is 4.52. The minimum absolute atomic E-state index is 0.0228. The van der Waals surface area contributed by atoms with Crippen LogP contribution in [0.5, 0.6) is 5.75 Å². The number of nitrogens with zero attached hydrogens (tertiary/aromatic N) is 2. The number of methoxy groups -OCH3 is 1. The summed E-state index contributed by atoms with van der Waals surface area (Å²) < 4.78 is 11.4. The van der Waals surface area contributed by atoms with Crippen LogP contribution in [0.1, 0.15) is 46.5 Å². The summed E-state index contributed by atoms with van der Waals surface area (Å²) in [5.74, 6) is 1.78. The van der Waals surface area contributed by atoms with Gasteiger partial charge >= 0.3 is 5.97 Å². The van der Waals surface area contributed by atoms with E-state index in [0.717, 1.165) is 38.3 Å². The summed E-state index contributed by atoms with van der Waals surface area (Å²) in [6.45, 7) is 10.7. The van der Waals surface area contributed by atoms with Crippen molar-refractivity contribution in [1.29, 1.82) is 0 Å². The summed E-state index contributed by atoms with van der Waals surface area (Å²) in [4.78, 5) is 17.9. The average molecular weight is 439 g/mol. The molecular weight excluding hydrogens is 400 g/mol. The molecule has 0 spiro atoms. The molecule has 5 nitrogen and oxygen atoms in total. The monoisotopic (exact) mass is 438 g/mol. The van der Waals surface area contributed by atoms with E-state index in [1.807, 2.05) is 6.07 Å². The molecule has 0 amide bonds. The summed E-state index contributed by atoms with van der Waals surface area (Å²) in [5.41, 5.74) is 3.04. The molecule has 0 N–H and O–H groups in total. The first-order valence-electron chi connectivity index (χ1n) is 12.4. The first kappa shape index (κ1) is 21.8. The Hall–Kier alpha value is -2.01. The Balaban J connectivity index is 1.28. The smallest absolute Gasteiger partial charge is 0.311 e. The third-order valence-electron chi connectivity index (χ3n) is 8.63. The van der Waals surface area contributed by atoms with Gasteiger partial charge in [-0.2, -0.15) is 0 Å². The molecule has 2 heterocycles. The summed E-state index contributed by atoms with van der Waals surface area (Å²) in [5, 5.41) is 0. The molecule has 5 heteroatoms. The van der Waals surface area contributed by atoms with E-state index >= 15 is 0 Å². The lowest BCUT2D eigenvalue weighted by Crippen LogP contribution is -2.53. The van der Waals surface area contributed by atoms with Crippen molar-refractivity contribution in [2.24, 2.45) is 23.2 Å². The van der Waals surface area contributed by atoms with Crippen molar-refractivity contribution in [3.8, 4) is 5.75 Å². The van der Waals surface area contributed by atoms with Gasteiger partial charge in [0.2, 0.25) is 0 Å². The molecule has 0 bridgehead atoms. The molecule has 4 aliphatic rings. The number of carbonyl (C=O) groups is 1. The molecule has 1 saturated carbocycles. The zero-order chi connectivity index (χ0) is 22.5. The first-order chi connectivity index (χ1) is 15.4. The highest BCUT2D eigenvalue weighted by Gasteiger charge is 2.52. The minimum atomic E-state index is -0.0262. The van der Waals surface area contributed by atoms with Gasteiger partial charge in [0.15, 0.2) is 0 Å². The number of fused-ring (bicyclic) bond motifs is 2. The zero-order valence-electron chi connectivity index (χ0n) is 20.0. The van der Waals surface area contributed by atoms with E-state index in [1.54, 1.807) is 12.7 Å². The highest BCUT2D eigenvalue weighted by Crippen LogP contribution is 2.54. The van der Waals surface area contributed by atoms with Crippen molar-refractivity contribution in [3.05, 3.63) is 35.9 Å². The van der Waals surface area contributed by atoms with Crippen LogP contribution < -0.4 is 9.64 Å². The van der Waals surface area contributed by atoms with E-state index in [4.69, 9.17) is 9.47 Å². The number of hydrogen-bond donors (Lipinski definition) is 0. The van der Waals surface area contributed by atoms with Crippen LogP contribution in [-0.4, -0.2) is 56.3 Å². The van der Waals surface area contributed by atoms with Gasteiger partial charge in [-0.25, -0.2) is 0 Å². The SMILES string of the molecule is COc1cccc(N2CCN(C[C@H]3C(=O)O[C@@H]4C[C@@]5(C)CCC[C@H](C)C5=C[C@@H]43)C[C@@H]2C)c1. The van der Waals surface area contributed by atoms with Gasteiger partial charge in [-0.3, -0.25) is 9.69 Å². The quantitative estimate of drug-likeness (QED) is 0.511. The number of rotatable bonds is 4. The topological polar surface area (TPSA) is 42.0 Å². The van der Waals surface area contributed by atoms with Crippen molar-refractivity contribution in [1.82, 2.24) is 4.90 Å². The second-order valence-corrected chi connectivity index (χ2v) is 10.8. The van der Waals surface area contributed by atoms with Crippen LogP contribution in [-0.2, 0) is 9.53 Å². The Labute approximate surface area is 192 Å². The van der Waals surface area contributed by atoms with E-state index in [0.29, 0.717) is 12.0 Å². The van der Waals surface area contributed by atoms with Crippen molar-refractivity contribution in [3.63, 3.8) is 0 Å². The molecule has 0 aromatic heterocycles. The van der Waals surface area contributed by atoms with E-state index in [-0.39, 0.29) is 29.3 Å². The number of anilines is 1. The molecule has 0 radical (unpaired) electrons. The van der Waals surface area contributed by atoms with E-state index in [9.17, 15) is 4.79 Å². The third kappa shape index (κ3) is 3.83. The maximum absolute atomic E-state index is 12.9. The van der Waals surface area contributed by atoms with Gasteiger partial charge in [-0.1, -0.05) is 38.0 Å². The largest absolute Gasteiger partial charge is 0.497 e. The van der Waals surface area contributed by atoms with Crippen molar-refractivity contribution < 1.29 is 14.3 Å². The number of esters is 1. The molecular formula is C27H38N2O3. The van der Waals surface area contributed by atoms with Crippen LogP contribution in [0.2, 0.25) is 0 Å². The molecule has 2 aliphatic heterocycles. The summed E-state index contributed by atoms with van der Waals surface area (Å²) in [6, 6.07) is 8.70. The van der Waals surface area contributed by atoms with Gasteiger partial charge in [0.1, 0.15) is 11.9 Å². The van der Waals surface area contributed by atoms with Crippen LogP contribution in [0.15, 0.2) is 35.9 Å². The molecule has 174 valence electrons. The molecule has 3 fully saturated rings. The predicted molar refractivity (Wildman–Crippen MR) is 127 cm³/mol. The normalized spacial score (nSPS) is 37.4. The van der Waals surface area contributed by atoms with Crippen molar-refractivity contribution >= 4 is 11.7 Å². The molecule has 2 aliphatic carbocycles. The Kier molecular flexibility index (Phi) is 5.73. The van der Waals surface area contributed by atoms with Gasteiger partial charge < -0.3 is 14.4 Å². The fraction of sp³-hybridized carbons (Fsp3) is 0.667. The Bertz CT molecular complexity index is 899. The van der Waals surface area contributed by atoms with Gasteiger partial charge in [0, 0.05) is 49.9 Å². The standard InChI is InChI=1S/C27H38N2O3/c1-18-7-6-10-27(3)15-25-22(14-24(18)27)23(26(30)32-25)17-28-11-12-29(19(2)16-28)20-8-5-9-21(13-20)31-4/h5,8-9,13-14,18-19,22-23,25H,6-7,10-12,15-17H2,1-4H3/t18-,19-,22+,23+,25+,27+/m0/s1. The summed E-state index contributed by atoms with van der Waals surface area (Å²) in [6.07, 6.45) is 7.36. The second-order valence-electron chi connectivity index (χ2n) is 10.8. The Morgan fingerprint density at radius 1 is 1.25 bits per heavy atom. The molecule has 2 saturated heterocycles. The van der Waals surface area contributed by atoms with Crippen LogP contribution in [0.4, 0.5) is 5.69 Å². The van der Waals surface area contributed by atoms with Crippen molar-refractivity contribution in [2.45, 2.75) is 58.6 Å². The average Bonchev–Trinajstić information content (AvgIpc) is 3.06. The highest BCUT2D eigenvalue weighted by atomic mass is 16.6. The third-order valence-corrected chi connectivity index (χ3v) is 8.63. The Morgan fingerprint density at radius 2 is 2.09 bits per heavy atom. The van der Waals surface area contributed by atoms with Crippen molar-refractivity contribution in [2.75, 3.05) is 38.2 Å². The molecule has 32 heavy (non-hydrogen) atoms. The fourth-order valence-corrected chi connectivity index (χ4v) is 6.91. The molecule has 1 aromatic rings. The minimum Gasteiger partial charge on any atom is -0.497 e. The lowest BCUT2D eigenvalue weighted by Gasteiger charge is -2.46. The maximum atomic E-state index is 12.9. The summed E-state index contributed by atoms with van der Waals surface area (Å²) in [7, 11) is 1.71. The molecule has 6 atom stereocenters. The maximum Gasteiger partial charge on any atom is 0.311 e. The van der Waals surface area contributed by atoms with E-state index < -0.39 is 0 Å². The highest BCUT2D eigenvalue weighted by molar-refractivity contribution is 5.76. The van der Waals surface area contributed by atoms with Crippen LogP contribution in [0, 0.1) is 23.2 Å². The number of hydrogen-bond acceptors (Lipinski definition) is 5. The number of ether oxygens (including phenoxy) is 2. The number of piperazine rings is 1. The van der Waals surface area contributed by atoms with Crippen LogP contribution >= 0.6 is 0 Å². The molecule has 5 rings (SSSR count). The van der Waals surface area contributed by atoms with E-state index in [2.05, 4.69) is 54.8 Å². The van der Waals surface area contributed by atoms with Gasteiger partial charge in [0.25, 0.3) is 0 Å². The number of allylic oxidation sites excluding steroid dienone is 1. The fourth-order valence-electron chi connectivity index (χ4n) is 6.91. The Morgan fingerprint density at radius 3 is 2.88 bits per heavy atom. The number of benzene rings is 1. The first-order valence-corrected chi connectivity index (χ1v) is 12.4. The molecule has 1 aromatic carbocycles. The lowest BCUT2D eigenvalue weighted by atomic mass is 9.59. The van der Waals surface area contributed by atoms with Crippen LogP contribution in [0.3, 0.4) is 0 Å². The molecule has 0 unspecified atom stereocenters. The zero-order valence-corrected chi connectivity index (χ0v) is 20.0. The van der Waals surface area contributed by atoms with Gasteiger partial charge in [-0.05, 0) is 49.7 Å². The second kappa shape index (κ2) is 8.40. The van der Waals surface area contributed by atoms with Gasteiger partial charge in [0.05, 0.1) is 13.0 Å². The number of carbonyl (C=O) groups excluding carboxylic acids is 1. The summed E-state index contributed by atoms with van der Waals surface area (Å²) >= 11 is 0. The lowest BCUT2D eigenvalue weighted by molar-refractivity contribution is -0.145. The van der Waals surface area contributed by atoms with Crippen LogP contribution in [0.25, 0.3) is 0 Å². The van der Waals surface area contributed by atoms with E-state index in [1.165, 1.54) is 24.9 Å². The van der Waals surface area contributed by atoms with Gasteiger partial charge in [-0.15, -0.1) is 0 Å².